The zero-order valence-corrected chi connectivity index (χ0v) is 14.6. The molecule has 2 heterocycles. The Morgan fingerprint density at radius 2 is 1.88 bits per heavy atom. The molecule has 130 valence electrons. The van der Waals surface area contributed by atoms with Crippen LogP contribution in [-0.4, -0.2) is 37.0 Å². The topological polar surface area (TPSA) is 113 Å². The van der Waals surface area contributed by atoms with E-state index >= 15 is 0 Å². The van der Waals surface area contributed by atoms with Crippen LogP contribution < -0.4 is 5.32 Å². The number of hydrogen-bond acceptors (Lipinski definition) is 4. The van der Waals surface area contributed by atoms with Gasteiger partial charge in [-0.3, -0.25) is 14.6 Å². The molecule has 0 aliphatic heterocycles. The molecule has 0 fully saturated rings. The van der Waals surface area contributed by atoms with Crippen LogP contribution in [0.5, 0.6) is 0 Å². The van der Waals surface area contributed by atoms with E-state index in [1.54, 1.807) is 18.5 Å². The first kappa shape index (κ1) is 17.7. The highest BCUT2D eigenvalue weighted by Gasteiger charge is 2.27. The maximum absolute atomic E-state index is 12.2. The van der Waals surface area contributed by atoms with E-state index in [2.05, 4.69) is 20.6 Å². The number of rotatable bonds is 6. The number of amides is 1. The van der Waals surface area contributed by atoms with Crippen LogP contribution in [0.3, 0.4) is 0 Å². The third-order valence-corrected chi connectivity index (χ3v) is 4.32. The monoisotopic (exact) mass is 333 g/mol. The first-order valence-electron chi connectivity index (χ1n) is 7.76. The van der Waals surface area contributed by atoms with Crippen molar-refractivity contribution in [3.63, 3.8) is 0 Å². The number of nitrogens with zero attached hydrogens (tertiary/aromatic N) is 3. The number of aryl methyl sites for hydroxylation is 4. The Morgan fingerprint density at radius 1 is 1.21 bits per heavy atom. The number of hydrogen-bond donors (Lipinski definition) is 3. The van der Waals surface area contributed by atoms with Crippen molar-refractivity contribution < 1.29 is 14.7 Å². The zero-order chi connectivity index (χ0) is 18.0. The van der Waals surface area contributed by atoms with Crippen molar-refractivity contribution >= 4 is 11.9 Å². The van der Waals surface area contributed by atoms with Crippen molar-refractivity contribution in [1.82, 2.24) is 25.3 Å². The molecule has 0 aromatic carbocycles. The zero-order valence-electron chi connectivity index (χ0n) is 14.6. The van der Waals surface area contributed by atoms with Crippen LogP contribution in [0.4, 0.5) is 0 Å². The summed E-state index contributed by atoms with van der Waals surface area (Å²) in [7, 11) is 0. The fourth-order valence-corrected chi connectivity index (χ4v) is 2.69. The number of aromatic amines is 1. The summed E-state index contributed by atoms with van der Waals surface area (Å²) in [6, 6.07) is -1.11. The predicted octanol–water partition coefficient (Wildman–Crippen LogP) is 1.48. The van der Waals surface area contributed by atoms with E-state index in [9.17, 15) is 14.7 Å². The fourth-order valence-electron chi connectivity index (χ4n) is 2.69. The smallest absolute Gasteiger partial charge is 0.331 e. The summed E-state index contributed by atoms with van der Waals surface area (Å²) in [5.74, 6) is -1.45. The van der Waals surface area contributed by atoms with Gasteiger partial charge in [-0.05, 0) is 40.2 Å². The second-order valence-electron chi connectivity index (χ2n) is 5.96. The number of carboxylic acid groups (broad SMARTS) is 1. The van der Waals surface area contributed by atoms with Gasteiger partial charge in [0.1, 0.15) is 0 Å². The summed E-state index contributed by atoms with van der Waals surface area (Å²) in [5.41, 5.74) is 4.74. The van der Waals surface area contributed by atoms with Crippen molar-refractivity contribution in [2.75, 3.05) is 0 Å². The Morgan fingerprint density at radius 3 is 2.33 bits per heavy atom. The van der Waals surface area contributed by atoms with Crippen LogP contribution in [0.2, 0.25) is 0 Å². The molecule has 0 aliphatic carbocycles. The predicted molar refractivity (Wildman–Crippen MR) is 87.6 cm³/mol. The number of carboxylic acids is 1. The Hall–Kier alpha value is -2.64. The van der Waals surface area contributed by atoms with Crippen LogP contribution in [0.15, 0.2) is 0 Å². The van der Waals surface area contributed by atoms with Gasteiger partial charge in [0.05, 0.1) is 11.4 Å². The van der Waals surface area contributed by atoms with Crippen LogP contribution in [0.25, 0.3) is 0 Å². The number of aromatic nitrogens is 4. The Balaban J connectivity index is 2.06. The molecule has 0 radical (unpaired) electrons. The molecule has 0 aliphatic rings. The molecular weight excluding hydrogens is 310 g/mol. The third-order valence-electron chi connectivity index (χ3n) is 4.32. The SMILES string of the molecule is Cc1nn(CCC(=O)N[C@@H](C(=O)O)c2c(C)n[nH]c2C)c(C)c1C. The molecule has 8 nitrogen and oxygen atoms in total. The average Bonchev–Trinajstić information content (AvgIpc) is 2.97. The lowest BCUT2D eigenvalue weighted by molar-refractivity contribution is -0.142. The summed E-state index contributed by atoms with van der Waals surface area (Å²) in [6.45, 7) is 9.70. The van der Waals surface area contributed by atoms with E-state index in [-0.39, 0.29) is 12.3 Å². The largest absolute Gasteiger partial charge is 0.479 e. The second-order valence-corrected chi connectivity index (χ2v) is 5.96. The van der Waals surface area contributed by atoms with E-state index in [4.69, 9.17) is 0 Å². The second kappa shape index (κ2) is 6.86. The fraction of sp³-hybridized carbons (Fsp3) is 0.500. The first-order chi connectivity index (χ1) is 11.2. The minimum absolute atomic E-state index is 0.154. The molecule has 8 heteroatoms. The lowest BCUT2D eigenvalue weighted by Crippen LogP contribution is -2.35. The molecule has 2 aromatic rings. The van der Waals surface area contributed by atoms with Gasteiger partial charge in [0.25, 0.3) is 0 Å². The van der Waals surface area contributed by atoms with E-state index < -0.39 is 12.0 Å². The molecule has 1 amide bonds. The van der Waals surface area contributed by atoms with Crippen LogP contribution in [-0.2, 0) is 16.1 Å². The van der Waals surface area contributed by atoms with Gasteiger partial charge in [0.15, 0.2) is 6.04 Å². The van der Waals surface area contributed by atoms with Gasteiger partial charge in [-0.25, -0.2) is 4.79 Å². The summed E-state index contributed by atoms with van der Waals surface area (Å²) in [6.07, 6.45) is 0.154. The number of H-pyrrole nitrogens is 1. The lowest BCUT2D eigenvalue weighted by Gasteiger charge is -2.15. The molecule has 0 unspecified atom stereocenters. The van der Waals surface area contributed by atoms with Crippen LogP contribution in [0, 0.1) is 34.6 Å². The first-order valence-corrected chi connectivity index (χ1v) is 7.76. The number of nitrogens with one attached hydrogen (secondary N) is 2. The summed E-state index contributed by atoms with van der Waals surface area (Å²) < 4.78 is 1.77. The van der Waals surface area contributed by atoms with Crippen molar-refractivity contribution in [2.45, 2.75) is 53.6 Å². The molecule has 2 aromatic heterocycles. The molecule has 0 saturated carbocycles. The summed E-state index contributed by atoms with van der Waals surface area (Å²) >= 11 is 0. The molecular formula is C16H23N5O3. The van der Waals surface area contributed by atoms with Crippen LogP contribution in [0.1, 0.15) is 46.4 Å². The lowest BCUT2D eigenvalue weighted by atomic mass is 10.0. The van der Waals surface area contributed by atoms with E-state index in [0.29, 0.717) is 23.5 Å². The minimum atomic E-state index is -1.11. The maximum atomic E-state index is 12.2. The van der Waals surface area contributed by atoms with Crippen molar-refractivity contribution in [2.24, 2.45) is 0 Å². The number of carbonyl (C=O) groups is 2. The highest BCUT2D eigenvalue weighted by atomic mass is 16.4. The standard InChI is InChI=1S/C16H23N5O3/c1-8-9(2)20-21(12(8)5)7-6-13(22)17-15(16(23)24)14-10(3)18-19-11(14)4/h15H,6-7H2,1-5H3,(H,17,22)(H,18,19)(H,23,24)/t15-/m1/s1. The molecule has 2 rings (SSSR count). The van der Waals surface area contributed by atoms with E-state index in [0.717, 1.165) is 17.0 Å². The molecule has 24 heavy (non-hydrogen) atoms. The van der Waals surface area contributed by atoms with Gasteiger partial charge in [0, 0.05) is 29.9 Å². The molecule has 0 saturated heterocycles. The normalized spacial score (nSPS) is 12.2. The summed E-state index contributed by atoms with van der Waals surface area (Å²) in [5, 5.41) is 23.1. The highest BCUT2D eigenvalue weighted by Crippen LogP contribution is 2.20. The van der Waals surface area contributed by atoms with Gasteiger partial charge in [-0.1, -0.05) is 0 Å². The molecule has 1 atom stereocenters. The molecule has 3 N–H and O–H groups in total. The Kier molecular flexibility index (Phi) is 5.06. The van der Waals surface area contributed by atoms with Gasteiger partial charge >= 0.3 is 5.97 Å². The minimum Gasteiger partial charge on any atom is -0.479 e. The highest BCUT2D eigenvalue weighted by molar-refractivity contribution is 5.84. The van der Waals surface area contributed by atoms with E-state index in [1.165, 1.54) is 0 Å². The van der Waals surface area contributed by atoms with Gasteiger partial charge < -0.3 is 10.4 Å². The Labute approximate surface area is 140 Å². The van der Waals surface area contributed by atoms with Crippen molar-refractivity contribution in [3.8, 4) is 0 Å². The average molecular weight is 333 g/mol. The molecule has 0 spiro atoms. The van der Waals surface area contributed by atoms with Crippen molar-refractivity contribution in [1.29, 1.82) is 0 Å². The molecule has 0 bridgehead atoms. The quantitative estimate of drug-likeness (QED) is 0.741. The number of carbonyl (C=O) groups excluding carboxylic acids is 1. The number of aliphatic carboxylic acids is 1. The summed E-state index contributed by atoms with van der Waals surface area (Å²) in [4.78, 5) is 23.7. The Bertz CT molecular complexity index is 756. The van der Waals surface area contributed by atoms with Gasteiger partial charge in [-0.2, -0.15) is 10.2 Å². The van der Waals surface area contributed by atoms with Gasteiger partial charge in [0.2, 0.25) is 5.91 Å². The van der Waals surface area contributed by atoms with E-state index in [1.807, 2.05) is 20.8 Å². The third kappa shape index (κ3) is 3.47. The van der Waals surface area contributed by atoms with Crippen LogP contribution >= 0.6 is 0 Å². The maximum Gasteiger partial charge on any atom is 0.331 e. The van der Waals surface area contributed by atoms with Crippen molar-refractivity contribution in [3.05, 3.63) is 33.9 Å². The van der Waals surface area contributed by atoms with Gasteiger partial charge in [-0.15, -0.1) is 0 Å².